The number of nitrogens with zero attached hydrogens (tertiary/aromatic N) is 5. The molecule has 3 aliphatic rings. The lowest BCUT2D eigenvalue weighted by atomic mass is 9.72. The lowest BCUT2D eigenvalue weighted by molar-refractivity contribution is 0.426. The molecule has 0 saturated carbocycles. The summed E-state index contributed by atoms with van der Waals surface area (Å²) in [5, 5.41) is 4.59. The third-order valence-electron chi connectivity index (χ3n) is 16.3. The normalized spacial score (nSPS) is 15.3. The maximum absolute atomic E-state index is 5.53. The molecule has 0 spiro atoms. The molecule has 10 aromatic carbocycles. The average Bonchev–Trinajstić information content (AvgIpc) is 4.06. The third kappa shape index (κ3) is 6.26. The van der Waals surface area contributed by atoms with Gasteiger partial charge in [0.1, 0.15) is 0 Å². The summed E-state index contributed by atoms with van der Waals surface area (Å²) in [5.41, 5.74) is 20.5. The topological polar surface area (TPSA) is 48.5 Å². The van der Waals surface area contributed by atoms with E-state index in [9.17, 15) is 0 Å². The van der Waals surface area contributed by atoms with Crippen molar-refractivity contribution in [2.24, 2.45) is 0 Å². The van der Waals surface area contributed by atoms with Crippen molar-refractivity contribution in [3.05, 3.63) is 247 Å². The molecular weight excluding hydrogens is 899 g/mol. The lowest BCUT2D eigenvalue weighted by Gasteiger charge is -2.31. The molecule has 1 aliphatic carbocycles. The molecule has 1 atom stereocenters. The third-order valence-corrected chi connectivity index (χ3v) is 16.3. The quantitative estimate of drug-likeness (QED) is 0.173. The van der Waals surface area contributed by atoms with Gasteiger partial charge in [-0.1, -0.05) is 227 Å². The zero-order chi connectivity index (χ0) is 49.3. The number of fused-ring (bicyclic) bond motifs is 6. The van der Waals surface area contributed by atoms with E-state index in [-0.39, 0.29) is 10.8 Å². The zero-order valence-electron chi connectivity index (χ0n) is 41.4. The van der Waals surface area contributed by atoms with Crippen molar-refractivity contribution < 1.29 is 0 Å². The second kappa shape index (κ2) is 15.9. The average molecular weight is 948 g/mol. The Bertz CT molecular complexity index is 4420. The molecule has 5 heteroatoms. The predicted octanol–water partition coefficient (Wildman–Crippen LogP) is 17.4. The van der Waals surface area contributed by atoms with Gasteiger partial charge in [-0.05, 0) is 97.3 Å². The van der Waals surface area contributed by atoms with Crippen molar-refractivity contribution in [2.45, 2.75) is 38.0 Å². The minimum atomic E-state index is -0.261. The number of hydrogen-bond acceptors (Lipinski definition) is 3. The summed E-state index contributed by atoms with van der Waals surface area (Å²) in [7, 11) is 0. The second-order valence-corrected chi connectivity index (χ2v) is 21.1. The molecule has 74 heavy (non-hydrogen) atoms. The fourth-order valence-corrected chi connectivity index (χ4v) is 13.2. The van der Waals surface area contributed by atoms with E-state index in [1.807, 2.05) is 0 Å². The van der Waals surface area contributed by atoms with E-state index in [1.54, 1.807) is 0 Å². The van der Waals surface area contributed by atoms with Gasteiger partial charge in [0.05, 0.1) is 22.1 Å². The fraction of sp³-hybridized carbons (Fsp3) is 0.0870. The van der Waals surface area contributed by atoms with Gasteiger partial charge >= 0.3 is 0 Å². The van der Waals surface area contributed by atoms with E-state index >= 15 is 0 Å². The maximum atomic E-state index is 5.53. The van der Waals surface area contributed by atoms with Crippen LogP contribution in [0.3, 0.4) is 0 Å². The van der Waals surface area contributed by atoms with Crippen LogP contribution in [0.25, 0.3) is 123 Å². The van der Waals surface area contributed by atoms with Crippen LogP contribution in [0, 0.1) is 0 Å². The van der Waals surface area contributed by atoms with Gasteiger partial charge in [0.2, 0.25) is 5.95 Å². The van der Waals surface area contributed by atoms with Gasteiger partial charge in [0.15, 0.2) is 11.6 Å². The molecular formula is C69H49N5. The predicted molar refractivity (Wildman–Crippen MR) is 305 cm³/mol. The fourth-order valence-electron chi connectivity index (χ4n) is 13.2. The van der Waals surface area contributed by atoms with E-state index in [4.69, 9.17) is 15.0 Å². The molecule has 16 rings (SSSR count). The lowest BCUT2D eigenvalue weighted by Crippen LogP contribution is -2.24. The molecule has 2 aliphatic heterocycles. The molecule has 5 heterocycles. The summed E-state index contributed by atoms with van der Waals surface area (Å²) in [6.45, 7) is 7.35. The van der Waals surface area contributed by atoms with E-state index in [1.165, 1.54) is 44.3 Å². The molecule has 350 valence electrons. The Kier molecular flexibility index (Phi) is 9.13. The smallest absolute Gasteiger partial charge is 0.238 e. The van der Waals surface area contributed by atoms with Crippen LogP contribution in [-0.2, 0) is 10.8 Å². The molecule has 0 amide bonds. The van der Waals surface area contributed by atoms with Crippen LogP contribution < -0.4 is 0 Å². The molecule has 0 N–H and O–H groups in total. The van der Waals surface area contributed by atoms with Crippen LogP contribution in [0.15, 0.2) is 231 Å². The highest BCUT2D eigenvalue weighted by Gasteiger charge is 2.48. The molecule has 0 fully saturated rings. The van der Waals surface area contributed by atoms with Crippen molar-refractivity contribution >= 4 is 43.6 Å². The van der Waals surface area contributed by atoms with Gasteiger partial charge in [0, 0.05) is 43.8 Å². The number of rotatable bonds is 2. The van der Waals surface area contributed by atoms with Crippen molar-refractivity contribution in [3.8, 4) is 78.9 Å². The largest absolute Gasteiger partial charge is 0.307 e. The SMILES string of the molecule is CC1(C)CC2(C)c3ccccc3-c3ccc(cc3)-c3nc(-c4ccc(-c5ccccc5)cc4)nc(n3)-n3c4ccccc4c4ccc5c6ccccc6n(c5c43)-c3cccc(c3)-c3ccccc3-c3cccc2c31. The monoisotopic (exact) mass is 947 g/mol. The Morgan fingerprint density at radius 3 is 1.55 bits per heavy atom. The first-order valence-corrected chi connectivity index (χ1v) is 25.7. The minimum absolute atomic E-state index is 0.120. The van der Waals surface area contributed by atoms with Crippen molar-refractivity contribution in [2.75, 3.05) is 0 Å². The molecule has 10 bridgehead atoms. The van der Waals surface area contributed by atoms with Gasteiger partial charge in [-0.15, -0.1) is 0 Å². The van der Waals surface area contributed by atoms with Crippen LogP contribution >= 0.6 is 0 Å². The number of hydrogen-bond donors (Lipinski definition) is 0. The molecule has 0 saturated heterocycles. The van der Waals surface area contributed by atoms with Gasteiger partial charge in [-0.25, -0.2) is 4.98 Å². The minimum Gasteiger partial charge on any atom is -0.307 e. The van der Waals surface area contributed by atoms with Crippen molar-refractivity contribution in [1.82, 2.24) is 24.1 Å². The molecule has 0 radical (unpaired) electrons. The summed E-state index contributed by atoms with van der Waals surface area (Å²) in [6, 6.07) is 84.3. The Balaban J connectivity index is 1.07. The van der Waals surface area contributed by atoms with Gasteiger partial charge in [-0.3, -0.25) is 4.57 Å². The highest BCUT2D eigenvalue weighted by atomic mass is 15.2. The number of para-hydroxylation sites is 2. The van der Waals surface area contributed by atoms with Crippen LogP contribution in [0.1, 0.15) is 43.9 Å². The van der Waals surface area contributed by atoms with Gasteiger partial charge in [0.25, 0.3) is 0 Å². The Morgan fingerprint density at radius 2 is 0.851 bits per heavy atom. The van der Waals surface area contributed by atoms with E-state index in [0.29, 0.717) is 17.6 Å². The van der Waals surface area contributed by atoms with Crippen LogP contribution in [0.2, 0.25) is 0 Å². The Morgan fingerprint density at radius 1 is 0.351 bits per heavy atom. The van der Waals surface area contributed by atoms with E-state index in [0.717, 1.165) is 83.7 Å². The van der Waals surface area contributed by atoms with Gasteiger partial charge < -0.3 is 4.57 Å². The molecule has 5 nitrogen and oxygen atoms in total. The zero-order valence-corrected chi connectivity index (χ0v) is 41.4. The number of benzene rings is 10. The summed E-state index contributed by atoms with van der Waals surface area (Å²) >= 11 is 0. The highest BCUT2D eigenvalue weighted by molar-refractivity contribution is 6.23. The number of aromatic nitrogens is 5. The van der Waals surface area contributed by atoms with Crippen molar-refractivity contribution in [1.29, 1.82) is 0 Å². The van der Waals surface area contributed by atoms with E-state index < -0.39 is 0 Å². The van der Waals surface area contributed by atoms with Crippen LogP contribution in [-0.4, -0.2) is 24.1 Å². The Labute approximate surface area is 429 Å². The van der Waals surface area contributed by atoms with Gasteiger partial charge in [-0.2, -0.15) is 9.97 Å². The van der Waals surface area contributed by atoms with Crippen LogP contribution in [0.5, 0.6) is 0 Å². The maximum Gasteiger partial charge on any atom is 0.238 e. The molecule has 3 aromatic heterocycles. The molecule has 13 aromatic rings. The first-order valence-electron chi connectivity index (χ1n) is 25.7. The van der Waals surface area contributed by atoms with Crippen molar-refractivity contribution in [3.63, 3.8) is 0 Å². The second-order valence-electron chi connectivity index (χ2n) is 21.1. The Hall–Kier alpha value is -9.19. The first kappa shape index (κ1) is 42.5. The summed E-state index contributed by atoms with van der Waals surface area (Å²) in [4.78, 5) is 16.4. The first-order chi connectivity index (χ1) is 36.3. The standard InChI is InChI=1S/C69H49N5/c1-68(2)42-69(3)58-27-12-9-22-51(58)45-33-37-47(38-34-45)66-70-65(46-35-31-44(32-36-46)43-17-5-4-6-18-43)71-67(72-66)74-61-30-14-11-25-54(61)57-40-39-56-53-24-10-13-29-60(53)73(63(56)64(57)74)49-20-15-19-48(41-49)50-21-7-8-23-52(50)55-26-16-28-59(69)62(55)68/h4-41H,42H2,1-3H3. The highest BCUT2D eigenvalue weighted by Crippen LogP contribution is 2.57. The summed E-state index contributed by atoms with van der Waals surface area (Å²) in [6.07, 6.45) is 0.972. The molecule has 1 unspecified atom stereocenters. The summed E-state index contributed by atoms with van der Waals surface area (Å²) < 4.78 is 4.76. The van der Waals surface area contributed by atoms with Crippen LogP contribution in [0.4, 0.5) is 0 Å². The summed E-state index contributed by atoms with van der Waals surface area (Å²) in [5.74, 6) is 1.77. The van der Waals surface area contributed by atoms with E-state index in [2.05, 4.69) is 260 Å².